The number of aliphatic imine (C=N–C) groups is 1. The van der Waals surface area contributed by atoms with Gasteiger partial charge in [-0.05, 0) is 53.3 Å². The van der Waals surface area contributed by atoms with Crippen molar-refractivity contribution in [1.29, 1.82) is 0 Å². The Morgan fingerprint density at radius 2 is 1.79 bits per heavy atom. The van der Waals surface area contributed by atoms with Gasteiger partial charge in [0.15, 0.2) is 0 Å². The van der Waals surface area contributed by atoms with Crippen molar-refractivity contribution >= 4 is 24.0 Å². The zero-order valence-electron chi connectivity index (χ0n) is 15.8. The van der Waals surface area contributed by atoms with Gasteiger partial charge in [-0.25, -0.2) is 4.39 Å². The number of nitrogens with two attached hydrogens (primary N) is 1. The Kier molecular flexibility index (Phi) is 5.99. The molecule has 1 aliphatic heterocycles. The zero-order chi connectivity index (χ0) is 20.3. The van der Waals surface area contributed by atoms with Crippen LogP contribution in [-0.2, 0) is 13.6 Å². The maximum atomic E-state index is 13.3. The number of rotatable bonds is 1. The molecule has 2 heterocycles. The number of pyridine rings is 1. The summed E-state index contributed by atoms with van der Waals surface area (Å²) in [4.78, 5) is 16.7. The number of halogens is 1. The van der Waals surface area contributed by atoms with Crippen LogP contribution in [0, 0.1) is 5.82 Å². The fourth-order valence-electron chi connectivity index (χ4n) is 3.14. The summed E-state index contributed by atoms with van der Waals surface area (Å²) in [5, 5.41) is 0. The van der Waals surface area contributed by atoms with E-state index in [9.17, 15) is 9.18 Å². The highest BCUT2D eigenvalue weighted by molar-refractivity contribution is 7.80. The summed E-state index contributed by atoms with van der Waals surface area (Å²) in [5.41, 5.74) is 11.8. The Morgan fingerprint density at radius 3 is 2.46 bits per heavy atom. The van der Waals surface area contributed by atoms with E-state index in [1.165, 1.54) is 12.1 Å². The Balaban J connectivity index is 0.000000706. The third-order valence-electron chi connectivity index (χ3n) is 4.43. The molecule has 1 aliphatic rings. The minimum absolute atomic E-state index is 0.0790. The molecule has 2 aromatic carbocycles. The minimum atomic E-state index is -0.290. The molecule has 0 unspecified atom stereocenters. The Bertz CT molecular complexity index is 1090. The van der Waals surface area contributed by atoms with Crippen molar-refractivity contribution in [3.8, 4) is 11.1 Å². The third-order valence-corrected chi connectivity index (χ3v) is 4.43. The number of benzene rings is 2. The van der Waals surface area contributed by atoms with E-state index in [-0.39, 0.29) is 11.4 Å². The van der Waals surface area contributed by atoms with Gasteiger partial charge in [0.25, 0.3) is 5.56 Å². The van der Waals surface area contributed by atoms with E-state index in [1.54, 1.807) is 29.8 Å². The lowest BCUT2D eigenvalue weighted by Crippen LogP contribution is -2.16. The number of aryl methyl sites for hydroxylation is 1. The lowest BCUT2D eigenvalue weighted by Gasteiger charge is -2.13. The number of anilines is 1. The van der Waals surface area contributed by atoms with Crippen molar-refractivity contribution in [3.05, 3.63) is 87.6 Å². The molecule has 0 bridgehead atoms. The van der Waals surface area contributed by atoms with Gasteiger partial charge in [0.2, 0.25) is 0 Å². The highest BCUT2D eigenvalue weighted by atomic mass is 32.1. The first-order valence-electron chi connectivity index (χ1n) is 8.95. The van der Waals surface area contributed by atoms with E-state index in [4.69, 9.17) is 10.7 Å². The van der Waals surface area contributed by atoms with E-state index in [1.807, 2.05) is 31.3 Å². The number of aromatic nitrogens is 1. The monoisotopic (exact) mass is 395 g/mol. The Hall–Kier alpha value is -2.86. The summed E-state index contributed by atoms with van der Waals surface area (Å²) >= 11 is 3.79. The molecule has 0 fully saturated rings. The molecule has 0 aliphatic carbocycles. The van der Waals surface area contributed by atoms with Gasteiger partial charge in [0.05, 0.1) is 12.3 Å². The molecule has 0 radical (unpaired) electrons. The summed E-state index contributed by atoms with van der Waals surface area (Å²) in [6, 6.07) is 13.5. The standard InChI is InChI=1S/C20H16FN3O.C2H6S/c1-24-11-18-13(8-19(24)25)10-23-20(12-2-4-14(21)5-3-12)16-7-6-15(22)9-17(16)18;1-2-3/h2-9,11H,10,22H2,1H3;3H,2H2,1H3. The summed E-state index contributed by atoms with van der Waals surface area (Å²) in [5.74, 6) is 0.654. The van der Waals surface area contributed by atoms with Crippen molar-refractivity contribution in [2.24, 2.45) is 12.0 Å². The van der Waals surface area contributed by atoms with Gasteiger partial charge in [-0.2, -0.15) is 12.6 Å². The molecule has 0 amide bonds. The predicted octanol–water partition coefficient (Wildman–Crippen LogP) is 4.06. The average molecular weight is 396 g/mol. The molecule has 144 valence electrons. The van der Waals surface area contributed by atoms with Gasteiger partial charge in [-0.1, -0.05) is 13.0 Å². The maximum absolute atomic E-state index is 13.3. The summed E-state index contributed by atoms with van der Waals surface area (Å²) in [6.07, 6.45) is 1.82. The SMILES string of the molecule is CCS.Cn1cc2c(cc1=O)CN=C(c1ccc(F)cc1)c1ccc(N)cc1-2. The van der Waals surface area contributed by atoms with E-state index in [0.29, 0.717) is 12.2 Å². The summed E-state index contributed by atoms with van der Waals surface area (Å²) < 4.78 is 14.8. The molecule has 4 rings (SSSR count). The van der Waals surface area contributed by atoms with Crippen LogP contribution in [0.5, 0.6) is 0 Å². The molecule has 6 heteroatoms. The highest BCUT2D eigenvalue weighted by Crippen LogP contribution is 2.33. The lowest BCUT2D eigenvalue weighted by atomic mass is 9.92. The van der Waals surface area contributed by atoms with E-state index in [2.05, 4.69) is 12.6 Å². The molecular weight excluding hydrogens is 373 g/mol. The molecule has 4 nitrogen and oxygen atoms in total. The molecule has 0 saturated carbocycles. The van der Waals surface area contributed by atoms with Crippen molar-refractivity contribution < 1.29 is 4.39 Å². The number of nitrogen functional groups attached to an aromatic ring is 1. The Morgan fingerprint density at radius 1 is 1.11 bits per heavy atom. The summed E-state index contributed by atoms with van der Waals surface area (Å²) in [7, 11) is 1.72. The van der Waals surface area contributed by atoms with Crippen molar-refractivity contribution in [2.75, 3.05) is 11.5 Å². The summed E-state index contributed by atoms with van der Waals surface area (Å²) in [6.45, 7) is 2.37. The quantitative estimate of drug-likeness (QED) is 0.482. The molecule has 0 spiro atoms. The maximum Gasteiger partial charge on any atom is 0.250 e. The van der Waals surface area contributed by atoms with Crippen LogP contribution in [0.15, 0.2) is 64.5 Å². The van der Waals surface area contributed by atoms with Crippen molar-refractivity contribution in [2.45, 2.75) is 13.5 Å². The van der Waals surface area contributed by atoms with Crippen LogP contribution in [0.1, 0.15) is 23.6 Å². The van der Waals surface area contributed by atoms with Gasteiger partial charge in [0, 0.05) is 41.7 Å². The highest BCUT2D eigenvalue weighted by Gasteiger charge is 2.20. The second-order valence-corrected chi connectivity index (χ2v) is 7.09. The van der Waals surface area contributed by atoms with Crippen molar-refractivity contribution in [1.82, 2.24) is 4.57 Å². The lowest BCUT2D eigenvalue weighted by molar-refractivity contribution is 0.628. The first kappa shape index (κ1) is 19.9. The number of fused-ring (bicyclic) bond motifs is 3. The first-order valence-corrected chi connectivity index (χ1v) is 9.59. The molecular formula is C22H22FN3OS. The molecule has 28 heavy (non-hydrogen) atoms. The van der Waals surface area contributed by atoms with E-state index in [0.717, 1.165) is 39.3 Å². The average Bonchev–Trinajstić information content (AvgIpc) is 2.81. The van der Waals surface area contributed by atoms with E-state index < -0.39 is 0 Å². The topological polar surface area (TPSA) is 60.4 Å². The second-order valence-electron chi connectivity index (χ2n) is 6.45. The second kappa shape index (κ2) is 8.44. The number of nitrogens with zero attached hydrogens (tertiary/aromatic N) is 2. The van der Waals surface area contributed by atoms with Crippen LogP contribution in [0.4, 0.5) is 10.1 Å². The molecule has 2 N–H and O–H groups in total. The van der Waals surface area contributed by atoms with Crippen LogP contribution in [0.3, 0.4) is 0 Å². The normalized spacial score (nSPS) is 12.1. The smallest absolute Gasteiger partial charge is 0.250 e. The zero-order valence-corrected chi connectivity index (χ0v) is 16.7. The number of hydrogen-bond acceptors (Lipinski definition) is 4. The van der Waals surface area contributed by atoms with E-state index >= 15 is 0 Å². The first-order chi connectivity index (χ1) is 13.4. The van der Waals surface area contributed by atoms with Gasteiger partial charge >= 0.3 is 0 Å². The van der Waals surface area contributed by atoms with Crippen LogP contribution < -0.4 is 11.3 Å². The van der Waals surface area contributed by atoms with Gasteiger partial charge in [-0.15, -0.1) is 0 Å². The fraction of sp³-hybridized carbons (Fsp3) is 0.182. The minimum Gasteiger partial charge on any atom is -0.399 e. The molecule has 0 saturated heterocycles. The molecule has 3 aromatic rings. The molecule has 0 atom stereocenters. The van der Waals surface area contributed by atoms with Gasteiger partial charge < -0.3 is 10.3 Å². The predicted molar refractivity (Wildman–Crippen MR) is 117 cm³/mol. The van der Waals surface area contributed by atoms with Crippen LogP contribution >= 0.6 is 12.6 Å². The van der Waals surface area contributed by atoms with Crippen molar-refractivity contribution in [3.63, 3.8) is 0 Å². The Labute approximate surface area is 169 Å². The van der Waals surface area contributed by atoms with Gasteiger partial charge in [0.1, 0.15) is 5.82 Å². The van der Waals surface area contributed by atoms with Crippen LogP contribution in [-0.4, -0.2) is 16.0 Å². The van der Waals surface area contributed by atoms with Gasteiger partial charge in [-0.3, -0.25) is 9.79 Å². The largest absolute Gasteiger partial charge is 0.399 e. The number of thiol groups is 1. The molecule has 1 aromatic heterocycles. The van der Waals surface area contributed by atoms with Crippen LogP contribution in [0.2, 0.25) is 0 Å². The van der Waals surface area contributed by atoms with Crippen LogP contribution in [0.25, 0.3) is 11.1 Å². The number of hydrogen-bond donors (Lipinski definition) is 2. The fourth-order valence-corrected chi connectivity index (χ4v) is 3.14. The third kappa shape index (κ3) is 4.02.